The molecule has 0 saturated carbocycles. The number of rotatable bonds is 4. The van der Waals surface area contributed by atoms with Crippen LogP contribution in [0.25, 0.3) is 0 Å². The summed E-state index contributed by atoms with van der Waals surface area (Å²) in [5, 5.41) is 10.1. The van der Waals surface area contributed by atoms with E-state index in [1.165, 1.54) is 6.07 Å². The fourth-order valence-electron chi connectivity index (χ4n) is 2.94. The zero-order valence-electron chi connectivity index (χ0n) is 13.5. The average Bonchev–Trinajstić information content (AvgIpc) is 2.97. The molecular weight excluding hydrogens is 314 g/mol. The van der Waals surface area contributed by atoms with Gasteiger partial charge in [-0.1, -0.05) is 6.07 Å². The van der Waals surface area contributed by atoms with Crippen molar-refractivity contribution in [3.63, 3.8) is 0 Å². The zero-order valence-corrected chi connectivity index (χ0v) is 13.5. The third kappa shape index (κ3) is 3.90. The molecule has 24 heavy (non-hydrogen) atoms. The molecule has 2 heterocycles. The molecule has 2 aromatic rings. The lowest BCUT2D eigenvalue weighted by molar-refractivity contribution is -0.121. The van der Waals surface area contributed by atoms with Gasteiger partial charge < -0.3 is 10.2 Å². The Hall–Kier alpha value is -2.44. The maximum atomic E-state index is 13.6. The van der Waals surface area contributed by atoms with Crippen molar-refractivity contribution in [3.05, 3.63) is 47.2 Å². The molecule has 1 aliphatic heterocycles. The highest BCUT2D eigenvalue weighted by atomic mass is 19.1. The number of nitrogens with zero attached hydrogens (tertiary/aromatic N) is 2. The lowest BCUT2D eigenvalue weighted by Gasteiger charge is -2.32. The Morgan fingerprint density at radius 2 is 2.08 bits per heavy atom. The number of halogens is 2. The minimum absolute atomic E-state index is 0.0669. The highest BCUT2D eigenvalue weighted by molar-refractivity contribution is 5.79. The van der Waals surface area contributed by atoms with E-state index in [0.29, 0.717) is 0 Å². The fourth-order valence-corrected chi connectivity index (χ4v) is 2.94. The van der Waals surface area contributed by atoms with Crippen LogP contribution in [-0.4, -0.2) is 35.2 Å². The molecule has 7 heteroatoms. The van der Waals surface area contributed by atoms with Crippen LogP contribution in [0.1, 0.15) is 24.1 Å². The number of aryl methyl sites for hydroxylation is 1. The van der Waals surface area contributed by atoms with Crippen molar-refractivity contribution in [2.75, 3.05) is 18.0 Å². The first-order valence-corrected chi connectivity index (χ1v) is 8.01. The molecule has 1 fully saturated rings. The van der Waals surface area contributed by atoms with Gasteiger partial charge in [0, 0.05) is 37.0 Å². The second-order valence-electron chi connectivity index (χ2n) is 6.15. The van der Waals surface area contributed by atoms with Gasteiger partial charge in [-0.2, -0.15) is 5.10 Å². The van der Waals surface area contributed by atoms with E-state index >= 15 is 0 Å². The Labute approximate surface area is 139 Å². The lowest BCUT2D eigenvalue weighted by Crippen LogP contribution is -2.45. The van der Waals surface area contributed by atoms with Crippen LogP contribution in [0.3, 0.4) is 0 Å². The summed E-state index contributed by atoms with van der Waals surface area (Å²) in [6.07, 6.45) is 1.54. The molecule has 0 aliphatic carbocycles. The number of anilines is 1. The Balaban J connectivity index is 1.49. The Morgan fingerprint density at radius 3 is 2.71 bits per heavy atom. The predicted molar refractivity (Wildman–Crippen MR) is 86.8 cm³/mol. The van der Waals surface area contributed by atoms with Crippen molar-refractivity contribution in [2.45, 2.75) is 32.2 Å². The smallest absolute Gasteiger partial charge is 0.224 e. The number of amides is 1. The summed E-state index contributed by atoms with van der Waals surface area (Å²) in [4.78, 5) is 14.2. The quantitative estimate of drug-likeness (QED) is 0.902. The third-order valence-corrected chi connectivity index (χ3v) is 4.24. The van der Waals surface area contributed by atoms with Crippen LogP contribution >= 0.6 is 0 Å². The third-order valence-electron chi connectivity index (χ3n) is 4.24. The van der Waals surface area contributed by atoms with Gasteiger partial charge in [0.2, 0.25) is 5.91 Å². The van der Waals surface area contributed by atoms with Crippen molar-refractivity contribution in [3.8, 4) is 0 Å². The number of H-pyrrole nitrogens is 1. The molecule has 1 aromatic carbocycles. The molecule has 0 unspecified atom stereocenters. The van der Waals surface area contributed by atoms with E-state index in [4.69, 9.17) is 0 Å². The first kappa shape index (κ1) is 16.4. The number of benzene rings is 1. The minimum Gasteiger partial charge on any atom is -0.355 e. The highest BCUT2D eigenvalue weighted by Gasteiger charge is 2.22. The largest absolute Gasteiger partial charge is 0.355 e. The lowest BCUT2D eigenvalue weighted by atomic mass is 10.0. The van der Waals surface area contributed by atoms with E-state index in [2.05, 4.69) is 20.4 Å². The van der Waals surface area contributed by atoms with Gasteiger partial charge in [-0.05, 0) is 31.4 Å². The molecular formula is C17H20F2N4O. The monoisotopic (exact) mass is 334 g/mol. The maximum absolute atomic E-state index is 13.6. The van der Waals surface area contributed by atoms with Crippen LogP contribution < -0.4 is 10.2 Å². The highest BCUT2D eigenvalue weighted by Crippen LogP contribution is 2.18. The van der Waals surface area contributed by atoms with E-state index in [-0.39, 0.29) is 23.9 Å². The Kier molecular flexibility index (Phi) is 4.78. The van der Waals surface area contributed by atoms with E-state index in [0.717, 1.165) is 49.6 Å². The summed E-state index contributed by atoms with van der Waals surface area (Å²) in [7, 11) is 0. The molecule has 1 aromatic heterocycles. The van der Waals surface area contributed by atoms with Crippen LogP contribution in [0.2, 0.25) is 0 Å². The molecule has 1 saturated heterocycles. The first-order valence-electron chi connectivity index (χ1n) is 8.01. The average molecular weight is 334 g/mol. The summed E-state index contributed by atoms with van der Waals surface area (Å²) >= 11 is 0. The molecule has 1 amide bonds. The van der Waals surface area contributed by atoms with Crippen LogP contribution in [0.5, 0.6) is 0 Å². The molecule has 0 bridgehead atoms. The van der Waals surface area contributed by atoms with E-state index in [9.17, 15) is 13.6 Å². The number of aromatic amines is 1. The number of nitrogens with one attached hydrogen (secondary N) is 2. The Bertz CT molecular complexity index is 723. The number of hydrogen-bond donors (Lipinski definition) is 2. The maximum Gasteiger partial charge on any atom is 0.224 e. The van der Waals surface area contributed by atoms with Gasteiger partial charge in [0.1, 0.15) is 11.6 Å². The van der Waals surface area contributed by atoms with E-state index < -0.39 is 11.6 Å². The second-order valence-corrected chi connectivity index (χ2v) is 6.15. The fraction of sp³-hybridized carbons (Fsp3) is 0.412. The predicted octanol–water partition coefficient (Wildman–Crippen LogP) is 2.32. The molecule has 0 radical (unpaired) electrons. The molecule has 0 spiro atoms. The number of hydrogen-bond acceptors (Lipinski definition) is 3. The molecule has 5 nitrogen and oxygen atoms in total. The summed E-state index contributed by atoms with van der Waals surface area (Å²) < 4.78 is 26.5. The van der Waals surface area contributed by atoms with E-state index in [1.54, 1.807) is 0 Å². The number of carbonyl (C=O) groups excluding carboxylic acids is 1. The van der Waals surface area contributed by atoms with Crippen molar-refractivity contribution in [2.24, 2.45) is 0 Å². The van der Waals surface area contributed by atoms with E-state index in [1.807, 2.05) is 13.0 Å². The molecule has 0 atom stereocenters. The van der Waals surface area contributed by atoms with Crippen LogP contribution in [-0.2, 0) is 11.2 Å². The van der Waals surface area contributed by atoms with Gasteiger partial charge in [-0.3, -0.25) is 9.89 Å². The summed E-state index contributed by atoms with van der Waals surface area (Å²) in [5.74, 6) is -0.647. The summed E-state index contributed by atoms with van der Waals surface area (Å²) in [6, 6.07) is 5.34. The summed E-state index contributed by atoms with van der Waals surface area (Å²) in [5.41, 5.74) is 1.22. The summed E-state index contributed by atoms with van der Waals surface area (Å²) in [6.45, 7) is 3.57. The normalized spacial score (nSPS) is 15.5. The molecule has 1 aliphatic rings. The van der Waals surface area contributed by atoms with Crippen molar-refractivity contribution in [1.29, 1.82) is 0 Å². The number of carbonyl (C=O) groups is 1. The van der Waals surface area contributed by atoms with Crippen molar-refractivity contribution < 1.29 is 13.6 Å². The SMILES string of the molecule is Cc1cc(N2CCC(NC(=O)Cc3ccc(F)cc3F)CC2)n[nH]1. The topological polar surface area (TPSA) is 61.0 Å². The van der Waals surface area contributed by atoms with Crippen molar-refractivity contribution >= 4 is 11.7 Å². The van der Waals surface area contributed by atoms with Gasteiger partial charge >= 0.3 is 0 Å². The standard InChI is InChI=1S/C17H20F2N4O/c1-11-8-16(22-21-11)23-6-4-14(5-7-23)20-17(24)9-12-2-3-13(18)10-15(12)19/h2-3,8,10,14H,4-7,9H2,1H3,(H,20,24)(H,21,22). The zero-order chi connectivity index (χ0) is 17.1. The van der Waals surface area contributed by atoms with Gasteiger partial charge in [0.15, 0.2) is 5.82 Å². The number of aromatic nitrogens is 2. The Morgan fingerprint density at radius 1 is 1.33 bits per heavy atom. The van der Waals surface area contributed by atoms with Gasteiger partial charge in [0.25, 0.3) is 0 Å². The van der Waals surface area contributed by atoms with Gasteiger partial charge in [0.05, 0.1) is 6.42 Å². The van der Waals surface area contributed by atoms with Gasteiger partial charge in [-0.25, -0.2) is 8.78 Å². The number of piperidine rings is 1. The molecule has 2 N–H and O–H groups in total. The van der Waals surface area contributed by atoms with Crippen LogP contribution in [0.15, 0.2) is 24.3 Å². The minimum atomic E-state index is -0.686. The van der Waals surface area contributed by atoms with Crippen LogP contribution in [0.4, 0.5) is 14.6 Å². The second kappa shape index (κ2) is 6.98. The van der Waals surface area contributed by atoms with Crippen LogP contribution in [0, 0.1) is 18.6 Å². The van der Waals surface area contributed by atoms with Gasteiger partial charge in [-0.15, -0.1) is 0 Å². The molecule has 3 rings (SSSR count). The molecule has 128 valence electrons. The van der Waals surface area contributed by atoms with Crippen molar-refractivity contribution in [1.82, 2.24) is 15.5 Å². The first-order chi connectivity index (χ1) is 11.5.